The van der Waals surface area contributed by atoms with E-state index in [1.807, 2.05) is 10.8 Å². The molecular formula is C27H42ClN13O2S. The maximum atomic E-state index is 13.0. The molecule has 1 saturated heterocycles. The molecule has 2 aromatic carbocycles. The lowest BCUT2D eigenvalue weighted by Gasteiger charge is -2.27. The Morgan fingerprint density at radius 3 is 2.43 bits per heavy atom. The molecule has 0 atom stereocenters. The van der Waals surface area contributed by atoms with Gasteiger partial charge in [0.25, 0.3) is 10.0 Å². The summed E-state index contributed by atoms with van der Waals surface area (Å²) >= 11 is 0. The fourth-order valence-corrected chi connectivity index (χ4v) is 5.73. The Bertz CT molecular complexity index is 1720. The van der Waals surface area contributed by atoms with E-state index in [0.29, 0.717) is 35.8 Å². The number of anilines is 5. The van der Waals surface area contributed by atoms with E-state index in [-0.39, 0.29) is 32.5 Å². The maximum Gasteiger partial charge on any atom is 0.261 e. The van der Waals surface area contributed by atoms with Crippen LogP contribution in [0.4, 0.5) is 29.2 Å². The lowest BCUT2D eigenvalue weighted by Crippen LogP contribution is -2.31. The minimum Gasteiger partial charge on any atom is -0.354 e. The van der Waals surface area contributed by atoms with Gasteiger partial charge in [-0.05, 0) is 68.1 Å². The molecule has 17 heteroatoms. The number of nitrogens with one attached hydrogen (secondary N) is 4. The average Bonchev–Trinajstić information content (AvgIpc) is 3.68. The van der Waals surface area contributed by atoms with Crippen LogP contribution in [0.3, 0.4) is 0 Å². The highest BCUT2D eigenvalue weighted by Gasteiger charge is 2.18. The summed E-state index contributed by atoms with van der Waals surface area (Å²) in [6, 6.07) is 11.7. The van der Waals surface area contributed by atoms with Crippen molar-refractivity contribution in [3.05, 3.63) is 67.4 Å². The molecule has 1 aliphatic heterocycles. The minimum atomic E-state index is -3.79. The summed E-state index contributed by atoms with van der Waals surface area (Å²) in [4.78, 5) is 20.3. The smallest absolute Gasteiger partial charge is 0.261 e. The van der Waals surface area contributed by atoms with Crippen molar-refractivity contribution in [2.45, 2.75) is 37.1 Å². The molecule has 44 heavy (non-hydrogen) atoms. The molecule has 6 rings (SSSR count). The Kier molecular flexibility index (Phi) is 11.8. The van der Waals surface area contributed by atoms with E-state index in [0.717, 1.165) is 49.8 Å². The fraction of sp³-hybridized carbons (Fsp3) is 0.296. The van der Waals surface area contributed by atoms with E-state index in [9.17, 15) is 8.42 Å². The number of halogens is 1. The average molecular weight is 648 g/mol. The van der Waals surface area contributed by atoms with Crippen molar-refractivity contribution in [2.75, 3.05) is 39.9 Å². The number of imidazole rings is 1. The van der Waals surface area contributed by atoms with Gasteiger partial charge in [-0.1, -0.05) is 0 Å². The van der Waals surface area contributed by atoms with Gasteiger partial charge < -0.3 is 32.4 Å². The zero-order valence-corrected chi connectivity index (χ0v) is 25.8. The van der Waals surface area contributed by atoms with Crippen molar-refractivity contribution in [3.8, 4) is 0 Å². The van der Waals surface area contributed by atoms with Crippen LogP contribution in [0.1, 0.15) is 28.5 Å². The molecule has 0 amide bonds. The summed E-state index contributed by atoms with van der Waals surface area (Å²) in [7, 11) is -3.79. The molecule has 4 heterocycles. The Hall–Kier alpha value is -4.51. The van der Waals surface area contributed by atoms with Gasteiger partial charge in [0.1, 0.15) is 0 Å². The van der Waals surface area contributed by atoms with E-state index in [1.165, 1.54) is 6.42 Å². The number of sulfonamides is 1. The van der Waals surface area contributed by atoms with Crippen LogP contribution in [0.15, 0.2) is 72.3 Å². The predicted molar refractivity (Wildman–Crippen MR) is 179 cm³/mol. The number of rotatable bonds is 11. The molecule has 240 valence electrons. The van der Waals surface area contributed by atoms with Gasteiger partial charge in [-0.3, -0.25) is 9.82 Å². The summed E-state index contributed by atoms with van der Waals surface area (Å²) < 4.78 is 30.7. The van der Waals surface area contributed by atoms with Crippen LogP contribution >= 0.6 is 12.4 Å². The highest BCUT2D eigenvalue weighted by molar-refractivity contribution is 7.92. The number of nitrogens with zero attached hydrogens (tertiary/aromatic N) is 7. The predicted octanol–water partition coefficient (Wildman–Crippen LogP) is 5.22. The quantitative estimate of drug-likeness (QED) is 0.101. The molecule has 15 nitrogen and oxygen atoms in total. The topological polar surface area (TPSA) is 229 Å². The molecule has 1 fully saturated rings. The van der Waals surface area contributed by atoms with Crippen molar-refractivity contribution < 1.29 is 11.3 Å². The Morgan fingerprint density at radius 2 is 1.68 bits per heavy atom. The first-order valence-corrected chi connectivity index (χ1v) is 15.0. The maximum absolute atomic E-state index is 13.0. The van der Waals surface area contributed by atoms with Crippen molar-refractivity contribution in [1.82, 2.24) is 47.0 Å². The van der Waals surface area contributed by atoms with Crippen LogP contribution in [-0.2, 0) is 16.6 Å². The number of benzene rings is 2. The van der Waals surface area contributed by atoms with E-state index < -0.39 is 10.0 Å². The molecule has 1 aliphatic rings. The van der Waals surface area contributed by atoms with Gasteiger partial charge in [-0.25, -0.2) is 13.4 Å². The number of aromatic nitrogens is 7. The standard InChI is InChI=1S/C27H31N11O2S.ClH.2H3N.2H2/c39-41(40,36-22-6-5-20-18-30-35-24(20)17-22)23-9-7-21(8-10-23)31-26-32-25(29-11-4-13-37-16-12-28-19-37)33-27(34-26)38-14-2-1-3-15-38;;;;;/h5-10,12,16-19,36H,1-4,11,13-15H2,(H,30,35)(H2,29,31,32,33,34);1H;2*1H3;2*1H. The fourth-order valence-electron chi connectivity index (χ4n) is 4.68. The summed E-state index contributed by atoms with van der Waals surface area (Å²) in [5, 5.41) is 14.3. The van der Waals surface area contributed by atoms with Gasteiger partial charge in [0.2, 0.25) is 17.8 Å². The number of fused-ring (bicyclic) bond motifs is 1. The summed E-state index contributed by atoms with van der Waals surface area (Å²) in [5.74, 6) is 1.50. The van der Waals surface area contributed by atoms with Crippen molar-refractivity contribution in [2.24, 2.45) is 0 Å². The number of aryl methyl sites for hydroxylation is 1. The first-order valence-electron chi connectivity index (χ1n) is 13.6. The van der Waals surface area contributed by atoms with E-state index in [2.05, 4.69) is 50.4 Å². The second-order valence-electron chi connectivity index (χ2n) is 9.84. The van der Waals surface area contributed by atoms with Crippen LogP contribution < -0.4 is 32.6 Å². The van der Waals surface area contributed by atoms with E-state index >= 15 is 0 Å². The number of hydrogen-bond donors (Lipinski definition) is 6. The third-order valence-corrected chi connectivity index (χ3v) is 8.21. The molecule has 0 saturated carbocycles. The SMILES string of the molecule is Cl.N.N.O=S(=O)(Nc1ccc2cn[nH]c2c1)c1ccc(Nc2nc(NCCCn3ccnc3)nc(N3CCCCC3)n2)cc1.[HH].[HH]. The first-order chi connectivity index (χ1) is 20.0. The Labute approximate surface area is 264 Å². The third-order valence-electron chi connectivity index (χ3n) is 6.81. The highest BCUT2D eigenvalue weighted by Crippen LogP contribution is 2.24. The largest absolute Gasteiger partial charge is 0.354 e. The zero-order chi connectivity index (χ0) is 28.1. The van der Waals surface area contributed by atoms with E-state index in [4.69, 9.17) is 0 Å². The molecule has 0 aliphatic carbocycles. The van der Waals surface area contributed by atoms with Gasteiger partial charge in [0, 0.05) is 52.5 Å². The van der Waals surface area contributed by atoms with Crippen molar-refractivity contribution in [3.63, 3.8) is 0 Å². The van der Waals surface area contributed by atoms with Gasteiger partial charge in [0.15, 0.2) is 0 Å². The van der Waals surface area contributed by atoms with Gasteiger partial charge in [-0.2, -0.15) is 20.1 Å². The zero-order valence-electron chi connectivity index (χ0n) is 24.2. The lowest BCUT2D eigenvalue weighted by atomic mass is 10.1. The normalized spacial score (nSPS) is 12.9. The number of aromatic amines is 1. The molecule has 0 spiro atoms. The number of H-pyrrole nitrogens is 1. The van der Waals surface area contributed by atoms with Crippen LogP contribution in [0.5, 0.6) is 0 Å². The van der Waals surface area contributed by atoms with Gasteiger partial charge in [0.05, 0.1) is 28.6 Å². The number of piperidine rings is 1. The summed E-state index contributed by atoms with van der Waals surface area (Å²) in [6.45, 7) is 3.32. The Balaban J connectivity index is 0.00000212. The third kappa shape index (κ3) is 8.31. The van der Waals surface area contributed by atoms with Crippen molar-refractivity contribution in [1.29, 1.82) is 0 Å². The molecule has 0 unspecified atom stereocenters. The first kappa shape index (κ1) is 34.0. The molecule has 0 bridgehead atoms. The van der Waals surface area contributed by atoms with Gasteiger partial charge in [-0.15, -0.1) is 12.4 Å². The minimum absolute atomic E-state index is 0. The molecular weight excluding hydrogens is 606 g/mol. The van der Waals surface area contributed by atoms with Crippen LogP contribution in [0.2, 0.25) is 0 Å². The summed E-state index contributed by atoms with van der Waals surface area (Å²) in [6.07, 6.45) is 11.5. The number of hydrogen-bond acceptors (Lipinski definition) is 12. The van der Waals surface area contributed by atoms with Crippen LogP contribution in [0, 0.1) is 0 Å². The second-order valence-corrected chi connectivity index (χ2v) is 11.5. The van der Waals surface area contributed by atoms with Gasteiger partial charge >= 0.3 is 0 Å². The monoisotopic (exact) mass is 647 g/mol. The van der Waals surface area contributed by atoms with Crippen molar-refractivity contribution >= 4 is 62.6 Å². The highest BCUT2D eigenvalue weighted by atomic mass is 35.5. The Morgan fingerprint density at radius 1 is 0.932 bits per heavy atom. The molecule has 0 radical (unpaired) electrons. The summed E-state index contributed by atoms with van der Waals surface area (Å²) in [5.41, 5.74) is 1.85. The van der Waals surface area contributed by atoms with Crippen LogP contribution in [0.25, 0.3) is 10.9 Å². The molecule has 3 aromatic heterocycles. The molecule has 5 aromatic rings. The second kappa shape index (κ2) is 15.3. The molecule has 10 N–H and O–H groups in total. The van der Waals surface area contributed by atoms with Crippen LogP contribution in [-0.4, -0.2) is 62.8 Å². The lowest BCUT2D eigenvalue weighted by molar-refractivity contribution is 0.567. The van der Waals surface area contributed by atoms with E-state index in [1.54, 1.807) is 61.2 Å².